The van der Waals surface area contributed by atoms with E-state index >= 15 is 0 Å². The van der Waals surface area contributed by atoms with E-state index in [2.05, 4.69) is 10.4 Å². The fourth-order valence-corrected chi connectivity index (χ4v) is 4.70. The third kappa shape index (κ3) is 4.28. The number of hydrogen-bond donors (Lipinski definition) is 2. The highest BCUT2D eigenvalue weighted by Gasteiger charge is 2.32. The van der Waals surface area contributed by atoms with Crippen molar-refractivity contribution in [2.24, 2.45) is 12.8 Å². The fourth-order valence-electron chi connectivity index (χ4n) is 3.67. The lowest BCUT2D eigenvalue weighted by atomic mass is 9.96. The molecule has 3 rings (SSSR count). The average Bonchev–Trinajstić information content (AvgIpc) is 3.16. The molecule has 1 aliphatic rings. The monoisotopic (exact) mass is 413 g/mol. The number of likely N-dealkylation sites (tertiary alicyclic amines) is 1. The number of aromatic nitrogens is 2. The molecule has 0 saturated carbocycles. The lowest BCUT2D eigenvalue weighted by molar-refractivity contribution is -0.137. The summed E-state index contributed by atoms with van der Waals surface area (Å²) in [5.41, 5.74) is 6.96. The van der Waals surface area contributed by atoms with E-state index < -0.39 is 6.04 Å². The molecule has 2 amide bonds. The van der Waals surface area contributed by atoms with Crippen LogP contribution < -0.4 is 11.1 Å². The van der Waals surface area contributed by atoms with E-state index in [0.717, 1.165) is 35.2 Å². The van der Waals surface area contributed by atoms with Gasteiger partial charge in [-0.2, -0.15) is 5.10 Å². The third-order valence-corrected chi connectivity index (χ3v) is 6.28. The van der Waals surface area contributed by atoms with Crippen molar-refractivity contribution in [1.29, 1.82) is 0 Å². The zero-order valence-corrected chi connectivity index (χ0v) is 17.8. The Labute approximate surface area is 169 Å². The van der Waals surface area contributed by atoms with Crippen LogP contribution in [0.3, 0.4) is 0 Å². The number of hydrogen-bond acceptors (Lipinski definition) is 5. The lowest BCUT2D eigenvalue weighted by Gasteiger charge is -2.39. The zero-order valence-electron chi connectivity index (χ0n) is 16.2. The van der Waals surface area contributed by atoms with Crippen molar-refractivity contribution in [2.75, 3.05) is 6.54 Å². The van der Waals surface area contributed by atoms with Crippen molar-refractivity contribution in [3.05, 3.63) is 16.6 Å². The molecule has 3 unspecified atom stereocenters. The maximum absolute atomic E-state index is 12.9. The minimum Gasteiger partial charge on any atom is -0.340 e. The van der Waals surface area contributed by atoms with Crippen LogP contribution in [-0.4, -0.2) is 51.2 Å². The number of aryl methyl sites for hydroxylation is 2. The highest BCUT2D eigenvalue weighted by atomic mass is 35.5. The minimum absolute atomic E-state index is 0. The van der Waals surface area contributed by atoms with E-state index in [0.29, 0.717) is 11.4 Å². The molecule has 0 aliphatic carbocycles. The van der Waals surface area contributed by atoms with Crippen LogP contribution >= 0.6 is 23.7 Å². The summed E-state index contributed by atoms with van der Waals surface area (Å²) >= 11 is 1.39. The summed E-state index contributed by atoms with van der Waals surface area (Å²) in [6, 6.07) is 1.25. The number of carbonyl (C=O) groups excluding carboxylic acids is 2. The average molecular weight is 414 g/mol. The molecular weight excluding hydrogens is 386 g/mol. The molecule has 1 saturated heterocycles. The SMILES string of the molecule is Cc1nn(C)c2sc(C(=O)NC(C)C(=O)N3CCCCC3C(C)N)cc12.Cl. The van der Waals surface area contributed by atoms with Gasteiger partial charge in [0.05, 0.1) is 10.6 Å². The number of piperidine rings is 1. The van der Waals surface area contributed by atoms with Crippen molar-refractivity contribution in [2.45, 2.75) is 58.2 Å². The summed E-state index contributed by atoms with van der Waals surface area (Å²) in [6.45, 7) is 6.31. The predicted molar refractivity (Wildman–Crippen MR) is 111 cm³/mol. The number of halogens is 1. The smallest absolute Gasteiger partial charge is 0.262 e. The second-order valence-electron chi connectivity index (χ2n) is 7.19. The van der Waals surface area contributed by atoms with Crippen molar-refractivity contribution in [1.82, 2.24) is 20.0 Å². The first-order valence-electron chi connectivity index (χ1n) is 9.09. The summed E-state index contributed by atoms with van der Waals surface area (Å²) in [7, 11) is 1.87. The quantitative estimate of drug-likeness (QED) is 0.803. The molecule has 27 heavy (non-hydrogen) atoms. The number of nitrogens with one attached hydrogen (secondary N) is 1. The van der Waals surface area contributed by atoms with E-state index in [1.807, 2.05) is 31.9 Å². The van der Waals surface area contributed by atoms with Crippen LogP contribution in [-0.2, 0) is 11.8 Å². The zero-order chi connectivity index (χ0) is 19.0. The highest BCUT2D eigenvalue weighted by Crippen LogP contribution is 2.27. The number of carbonyl (C=O) groups is 2. The number of nitrogens with zero attached hydrogens (tertiary/aromatic N) is 3. The van der Waals surface area contributed by atoms with Gasteiger partial charge in [0.2, 0.25) is 5.91 Å². The largest absolute Gasteiger partial charge is 0.340 e. The molecule has 2 aromatic heterocycles. The van der Waals surface area contributed by atoms with Gasteiger partial charge in [0.15, 0.2) is 0 Å². The van der Waals surface area contributed by atoms with Crippen molar-refractivity contribution < 1.29 is 9.59 Å². The maximum Gasteiger partial charge on any atom is 0.262 e. The summed E-state index contributed by atoms with van der Waals surface area (Å²) in [5, 5.41) is 8.18. The predicted octanol–water partition coefficient (Wildman–Crippen LogP) is 2.21. The Morgan fingerprint density at radius 3 is 2.70 bits per heavy atom. The Morgan fingerprint density at radius 2 is 2.07 bits per heavy atom. The van der Waals surface area contributed by atoms with Gasteiger partial charge in [-0.1, -0.05) is 0 Å². The van der Waals surface area contributed by atoms with Gasteiger partial charge in [0.25, 0.3) is 5.91 Å². The molecule has 3 heterocycles. The molecule has 0 spiro atoms. The van der Waals surface area contributed by atoms with Crippen molar-refractivity contribution >= 4 is 45.8 Å². The summed E-state index contributed by atoms with van der Waals surface area (Å²) in [6.07, 6.45) is 3.00. The Morgan fingerprint density at radius 1 is 1.37 bits per heavy atom. The summed E-state index contributed by atoms with van der Waals surface area (Å²) in [4.78, 5) is 28.9. The first-order valence-corrected chi connectivity index (χ1v) is 9.91. The molecule has 0 aromatic carbocycles. The molecule has 9 heteroatoms. The Kier molecular flexibility index (Phi) is 6.88. The molecule has 0 bridgehead atoms. The number of amides is 2. The van der Waals surface area contributed by atoms with E-state index in [4.69, 9.17) is 5.73 Å². The molecule has 1 fully saturated rings. The van der Waals surface area contributed by atoms with Crippen LogP contribution in [0, 0.1) is 6.92 Å². The first kappa shape index (κ1) is 21.7. The lowest BCUT2D eigenvalue weighted by Crippen LogP contribution is -2.56. The molecule has 2 aromatic rings. The van der Waals surface area contributed by atoms with Gasteiger partial charge in [0, 0.05) is 31.1 Å². The molecule has 1 aliphatic heterocycles. The van der Waals surface area contributed by atoms with Gasteiger partial charge in [0.1, 0.15) is 10.9 Å². The van der Waals surface area contributed by atoms with Gasteiger partial charge in [-0.15, -0.1) is 23.7 Å². The number of rotatable bonds is 4. The maximum atomic E-state index is 12.9. The molecule has 3 N–H and O–H groups in total. The van der Waals surface area contributed by atoms with E-state index in [1.54, 1.807) is 11.6 Å². The molecule has 7 nitrogen and oxygen atoms in total. The number of nitrogens with two attached hydrogens (primary N) is 1. The molecular formula is C18H28ClN5O2S. The Balaban J connectivity index is 0.00000261. The minimum atomic E-state index is -0.578. The molecule has 0 radical (unpaired) electrons. The van der Waals surface area contributed by atoms with E-state index in [9.17, 15) is 9.59 Å². The Hall–Kier alpha value is -1.64. The van der Waals surface area contributed by atoms with Gasteiger partial charge in [-0.05, 0) is 46.1 Å². The van der Waals surface area contributed by atoms with Crippen LogP contribution in [0.2, 0.25) is 0 Å². The van der Waals surface area contributed by atoms with Crippen molar-refractivity contribution in [3.8, 4) is 0 Å². The molecule has 3 atom stereocenters. The van der Waals surface area contributed by atoms with Gasteiger partial charge >= 0.3 is 0 Å². The normalized spacial score (nSPS) is 19.4. The van der Waals surface area contributed by atoms with Crippen LogP contribution in [0.15, 0.2) is 6.07 Å². The number of thiophene rings is 1. The van der Waals surface area contributed by atoms with Gasteiger partial charge < -0.3 is 16.0 Å². The van der Waals surface area contributed by atoms with Crippen molar-refractivity contribution in [3.63, 3.8) is 0 Å². The highest BCUT2D eigenvalue weighted by molar-refractivity contribution is 7.20. The summed E-state index contributed by atoms with van der Waals surface area (Å²) < 4.78 is 1.78. The van der Waals surface area contributed by atoms with Crippen LogP contribution in [0.5, 0.6) is 0 Å². The second-order valence-corrected chi connectivity index (χ2v) is 8.22. The standard InChI is InChI=1S/C18H27N5O2S.ClH/c1-10(19)14-7-5-6-8-23(14)17(25)12(3)20-16(24)15-9-13-11(2)21-22(4)18(13)26-15;/h9-10,12,14H,5-8,19H2,1-4H3,(H,20,24);1H. The second kappa shape index (κ2) is 8.58. The fraction of sp³-hybridized carbons (Fsp3) is 0.611. The molecule has 150 valence electrons. The van der Waals surface area contributed by atoms with Gasteiger partial charge in [-0.25, -0.2) is 0 Å². The summed E-state index contributed by atoms with van der Waals surface area (Å²) in [5.74, 6) is -0.278. The third-order valence-electron chi connectivity index (χ3n) is 5.08. The number of fused-ring (bicyclic) bond motifs is 1. The van der Waals surface area contributed by atoms with E-state index in [-0.39, 0.29) is 36.3 Å². The van der Waals surface area contributed by atoms with Gasteiger partial charge in [-0.3, -0.25) is 14.3 Å². The van der Waals surface area contributed by atoms with Crippen LogP contribution in [0.1, 0.15) is 48.5 Å². The Bertz CT molecular complexity index is 797. The van der Waals surface area contributed by atoms with E-state index in [1.165, 1.54) is 11.3 Å². The topological polar surface area (TPSA) is 93.2 Å². The van der Waals surface area contributed by atoms with Crippen LogP contribution in [0.25, 0.3) is 10.2 Å². The van der Waals surface area contributed by atoms with Crippen LogP contribution in [0.4, 0.5) is 0 Å². The first-order chi connectivity index (χ1) is 12.3.